The molecule has 0 aliphatic carbocycles. The fraction of sp³-hybridized carbons (Fsp3) is 0.0556. The zero-order chi connectivity index (χ0) is 19.3. The molecule has 2 N–H and O–H groups in total. The molecule has 3 rings (SSSR count). The van der Waals surface area contributed by atoms with Crippen molar-refractivity contribution in [2.75, 3.05) is 12.4 Å². The molecule has 27 heavy (non-hydrogen) atoms. The second-order valence-corrected chi connectivity index (χ2v) is 7.34. The SMILES string of the molecule is CNS(=O)(=O)c1ccc(/C=C/C(=O)Nc2ccc(-n3cccn3)nc2)cc1. The van der Waals surface area contributed by atoms with E-state index >= 15 is 0 Å². The Balaban J connectivity index is 1.62. The zero-order valence-corrected chi connectivity index (χ0v) is 15.2. The number of carbonyl (C=O) groups is 1. The standard InChI is InChI=1S/C18H17N5O3S/c1-19-27(25,26)16-7-3-14(4-8-16)5-10-18(24)22-15-6-9-17(20-13-15)23-12-2-11-21-23/h2-13,19H,1H3,(H,22,24)/b10-5+. The summed E-state index contributed by atoms with van der Waals surface area (Å²) in [6.07, 6.45) is 7.93. The van der Waals surface area contributed by atoms with Crippen molar-refractivity contribution < 1.29 is 13.2 Å². The van der Waals surface area contributed by atoms with Gasteiger partial charge in [0, 0.05) is 18.5 Å². The number of carbonyl (C=O) groups excluding carboxylic acids is 1. The smallest absolute Gasteiger partial charge is 0.248 e. The first-order valence-corrected chi connectivity index (χ1v) is 9.45. The lowest BCUT2D eigenvalue weighted by Gasteiger charge is -2.04. The first-order chi connectivity index (χ1) is 13.0. The van der Waals surface area contributed by atoms with Gasteiger partial charge < -0.3 is 5.32 Å². The van der Waals surface area contributed by atoms with E-state index in [9.17, 15) is 13.2 Å². The third-order valence-electron chi connectivity index (χ3n) is 3.64. The predicted octanol–water partition coefficient (Wildman–Crippen LogP) is 1.83. The summed E-state index contributed by atoms with van der Waals surface area (Å²) in [5.41, 5.74) is 1.25. The van der Waals surface area contributed by atoms with E-state index in [2.05, 4.69) is 20.1 Å². The summed E-state index contributed by atoms with van der Waals surface area (Å²) in [6, 6.07) is 11.5. The van der Waals surface area contributed by atoms with Crippen LogP contribution in [-0.4, -0.2) is 36.1 Å². The Hall–Kier alpha value is -3.30. The van der Waals surface area contributed by atoms with E-state index in [1.54, 1.807) is 59.7 Å². The summed E-state index contributed by atoms with van der Waals surface area (Å²) in [4.78, 5) is 16.4. The molecule has 8 nitrogen and oxygen atoms in total. The summed E-state index contributed by atoms with van der Waals surface area (Å²) in [7, 11) is -2.12. The van der Waals surface area contributed by atoms with Crippen molar-refractivity contribution in [2.45, 2.75) is 4.90 Å². The molecule has 0 atom stereocenters. The van der Waals surface area contributed by atoms with E-state index < -0.39 is 10.0 Å². The van der Waals surface area contributed by atoms with Crippen LogP contribution >= 0.6 is 0 Å². The topological polar surface area (TPSA) is 106 Å². The van der Waals surface area contributed by atoms with E-state index in [4.69, 9.17) is 0 Å². The molecular formula is C18H17N5O3S. The molecule has 138 valence electrons. The quantitative estimate of drug-likeness (QED) is 0.632. The van der Waals surface area contributed by atoms with Crippen LogP contribution in [0, 0.1) is 0 Å². The molecule has 0 aliphatic heterocycles. The van der Waals surface area contributed by atoms with Gasteiger partial charge in [0.05, 0.1) is 16.8 Å². The molecule has 0 unspecified atom stereocenters. The molecule has 0 radical (unpaired) electrons. The Bertz CT molecular complexity index is 1040. The van der Waals surface area contributed by atoms with Crippen molar-refractivity contribution in [3.8, 4) is 5.82 Å². The molecule has 3 aromatic rings. The number of hydrogen-bond donors (Lipinski definition) is 2. The number of benzene rings is 1. The number of nitrogens with zero attached hydrogens (tertiary/aromatic N) is 3. The van der Waals surface area contributed by atoms with Crippen molar-refractivity contribution in [1.82, 2.24) is 19.5 Å². The number of aromatic nitrogens is 3. The minimum absolute atomic E-state index is 0.162. The van der Waals surface area contributed by atoms with Gasteiger partial charge in [-0.2, -0.15) is 5.10 Å². The van der Waals surface area contributed by atoms with Crippen LogP contribution in [0.15, 0.2) is 72.0 Å². The van der Waals surface area contributed by atoms with Crippen LogP contribution in [0.4, 0.5) is 5.69 Å². The molecule has 0 fully saturated rings. The van der Waals surface area contributed by atoms with Gasteiger partial charge in [-0.05, 0) is 49.0 Å². The number of rotatable bonds is 6. The van der Waals surface area contributed by atoms with Crippen molar-refractivity contribution >= 4 is 27.7 Å². The Morgan fingerprint density at radius 2 is 1.93 bits per heavy atom. The van der Waals surface area contributed by atoms with Gasteiger partial charge in [0.25, 0.3) is 0 Å². The summed E-state index contributed by atoms with van der Waals surface area (Å²) in [5.74, 6) is 0.320. The number of hydrogen-bond acceptors (Lipinski definition) is 5. The van der Waals surface area contributed by atoms with Crippen molar-refractivity contribution in [3.05, 3.63) is 72.7 Å². The van der Waals surface area contributed by atoms with E-state index in [1.807, 2.05) is 0 Å². The number of amides is 1. The average Bonchev–Trinajstić information content (AvgIpc) is 3.22. The Morgan fingerprint density at radius 1 is 1.15 bits per heavy atom. The van der Waals surface area contributed by atoms with Gasteiger partial charge in [-0.3, -0.25) is 4.79 Å². The Morgan fingerprint density at radius 3 is 2.52 bits per heavy atom. The second-order valence-electron chi connectivity index (χ2n) is 5.45. The summed E-state index contributed by atoms with van der Waals surface area (Å²) in [6.45, 7) is 0. The highest BCUT2D eigenvalue weighted by Gasteiger charge is 2.09. The van der Waals surface area contributed by atoms with Gasteiger partial charge in [-0.25, -0.2) is 22.8 Å². The molecule has 9 heteroatoms. The number of anilines is 1. The van der Waals surface area contributed by atoms with Crippen LogP contribution in [0.25, 0.3) is 11.9 Å². The molecule has 0 aliphatic rings. The van der Waals surface area contributed by atoms with E-state index in [1.165, 1.54) is 25.3 Å². The number of sulfonamides is 1. The van der Waals surface area contributed by atoms with E-state index in [0.29, 0.717) is 17.1 Å². The predicted molar refractivity (Wildman–Crippen MR) is 102 cm³/mol. The zero-order valence-electron chi connectivity index (χ0n) is 14.4. The van der Waals surface area contributed by atoms with Crippen LogP contribution < -0.4 is 10.0 Å². The largest absolute Gasteiger partial charge is 0.321 e. The minimum Gasteiger partial charge on any atom is -0.321 e. The molecule has 1 aromatic carbocycles. The van der Waals surface area contributed by atoms with Gasteiger partial charge >= 0.3 is 0 Å². The third kappa shape index (κ3) is 4.66. The highest BCUT2D eigenvalue weighted by atomic mass is 32.2. The third-order valence-corrected chi connectivity index (χ3v) is 5.07. The van der Waals surface area contributed by atoms with Gasteiger partial charge in [-0.15, -0.1) is 0 Å². The van der Waals surface area contributed by atoms with Crippen molar-refractivity contribution in [3.63, 3.8) is 0 Å². The molecule has 0 spiro atoms. The molecule has 0 bridgehead atoms. The summed E-state index contributed by atoms with van der Waals surface area (Å²) >= 11 is 0. The monoisotopic (exact) mass is 383 g/mol. The number of pyridine rings is 1. The Labute approximate surface area is 156 Å². The lowest BCUT2D eigenvalue weighted by molar-refractivity contribution is -0.111. The van der Waals surface area contributed by atoms with Gasteiger partial charge in [-0.1, -0.05) is 12.1 Å². The minimum atomic E-state index is -3.47. The average molecular weight is 383 g/mol. The van der Waals surface area contributed by atoms with Crippen LogP contribution in [0.5, 0.6) is 0 Å². The van der Waals surface area contributed by atoms with Crippen LogP contribution in [0.2, 0.25) is 0 Å². The molecule has 2 heterocycles. The van der Waals surface area contributed by atoms with Crippen LogP contribution in [0.3, 0.4) is 0 Å². The molecule has 0 saturated heterocycles. The Kier molecular flexibility index (Phi) is 5.43. The number of nitrogens with one attached hydrogen (secondary N) is 2. The van der Waals surface area contributed by atoms with Crippen molar-refractivity contribution in [2.24, 2.45) is 0 Å². The molecule has 1 amide bonds. The maximum Gasteiger partial charge on any atom is 0.248 e. The highest BCUT2D eigenvalue weighted by Crippen LogP contribution is 2.12. The molecular weight excluding hydrogens is 366 g/mol. The van der Waals surface area contributed by atoms with E-state index in [-0.39, 0.29) is 10.8 Å². The second kappa shape index (κ2) is 7.94. The first kappa shape index (κ1) is 18.5. The fourth-order valence-electron chi connectivity index (χ4n) is 2.23. The van der Waals surface area contributed by atoms with Crippen LogP contribution in [0.1, 0.15) is 5.56 Å². The first-order valence-electron chi connectivity index (χ1n) is 7.97. The summed E-state index contributed by atoms with van der Waals surface area (Å²) in [5, 5.41) is 6.79. The van der Waals surface area contributed by atoms with Gasteiger partial charge in [0.1, 0.15) is 0 Å². The molecule has 2 aromatic heterocycles. The fourth-order valence-corrected chi connectivity index (χ4v) is 2.96. The maximum atomic E-state index is 12.0. The van der Waals surface area contributed by atoms with Gasteiger partial charge in [0.2, 0.25) is 15.9 Å². The van der Waals surface area contributed by atoms with E-state index in [0.717, 1.165) is 0 Å². The normalized spacial score (nSPS) is 11.6. The maximum absolute atomic E-state index is 12.0. The van der Waals surface area contributed by atoms with Crippen molar-refractivity contribution in [1.29, 1.82) is 0 Å². The van der Waals surface area contributed by atoms with Crippen LogP contribution in [-0.2, 0) is 14.8 Å². The van der Waals surface area contributed by atoms with Gasteiger partial charge in [0.15, 0.2) is 5.82 Å². The molecule has 0 saturated carbocycles. The lowest BCUT2D eigenvalue weighted by atomic mass is 10.2. The lowest BCUT2D eigenvalue weighted by Crippen LogP contribution is -2.18. The highest BCUT2D eigenvalue weighted by molar-refractivity contribution is 7.89. The summed E-state index contributed by atoms with van der Waals surface area (Å²) < 4.78 is 27.2.